The van der Waals surface area contributed by atoms with E-state index >= 15 is 0 Å². The number of ether oxygens (including phenoxy) is 1. The number of benzene rings is 9. The number of hydrogen-bond donors (Lipinski definition) is 0. The quantitative estimate of drug-likeness (QED) is 0.161. The maximum Gasteiger partial charge on any atom is 0.256 e. The van der Waals surface area contributed by atoms with Crippen LogP contribution in [0.15, 0.2) is 186 Å². The summed E-state index contributed by atoms with van der Waals surface area (Å²) in [5.74, 6) is 1.66. The summed E-state index contributed by atoms with van der Waals surface area (Å²) in [5, 5.41) is 4.53. The molecule has 2 aliphatic rings. The van der Waals surface area contributed by atoms with Gasteiger partial charge in [0.15, 0.2) is 0 Å². The van der Waals surface area contributed by atoms with Gasteiger partial charge >= 0.3 is 0 Å². The van der Waals surface area contributed by atoms with Crippen LogP contribution in [0.3, 0.4) is 0 Å². The van der Waals surface area contributed by atoms with Crippen LogP contribution in [0.4, 0.5) is 34.1 Å². The molecule has 0 amide bonds. The van der Waals surface area contributed by atoms with E-state index in [1.165, 1.54) is 38.5 Å². The van der Waals surface area contributed by atoms with Crippen LogP contribution >= 0.6 is 0 Å². The van der Waals surface area contributed by atoms with E-state index in [0.29, 0.717) is 0 Å². The van der Waals surface area contributed by atoms with Gasteiger partial charge in [-0.15, -0.1) is 0 Å². The van der Waals surface area contributed by atoms with Crippen LogP contribution in [-0.2, 0) is 21.7 Å². The Kier molecular flexibility index (Phi) is 10.5. The summed E-state index contributed by atoms with van der Waals surface area (Å²) in [4.78, 5) is 4.85. The van der Waals surface area contributed by atoms with E-state index in [9.17, 15) is 0 Å². The summed E-state index contributed by atoms with van der Waals surface area (Å²) in [6.07, 6.45) is 0. The lowest BCUT2D eigenvalue weighted by Crippen LogP contribution is -2.60. The van der Waals surface area contributed by atoms with Crippen LogP contribution in [0.1, 0.15) is 105 Å². The molecule has 5 nitrogen and oxygen atoms in total. The zero-order chi connectivity index (χ0) is 52.8. The lowest BCUT2D eigenvalue weighted by Gasteiger charge is -2.42. The van der Waals surface area contributed by atoms with Crippen LogP contribution in [0.5, 0.6) is 11.5 Å². The molecule has 9 aromatic carbocycles. The van der Waals surface area contributed by atoms with Gasteiger partial charge in [0.2, 0.25) is 0 Å². The van der Waals surface area contributed by atoms with Crippen molar-refractivity contribution in [3.63, 3.8) is 0 Å². The molecular formula is C70H66BN3O2. The van der Waals surface area contributed by atoms with Crippen LogP contribution in [-0.4, -0.2) is 11.3 Å². The Morgan fingerprint density at radius 3 is 1.53 bits per heavy atom. The number of aromatic nitrogens is 1. The Bertz CT molecular complexity index is 4010. The molecule has 0 saturated heterocycles. The van der Waals surface area contributed by atoms with Crippen molar-refractivity contribution in [2.45, 2.75) is 105 Å². The standard InChI is InChI=1S/C70H66BN3O2/c1-67(2,3)43-27-32-49(33-28-43)73-58-36-31-46(70(10,11)12)39-54(58)71-55-42-61-63(51-25-19-20-26-60(51)75-61)65(74-56-34-29-44(68(4,5)6)37-52(56)53-38-45(69(7,8)9)30-35-57(53)74)66(55)76-62-41-50(40-59(73)64(62)71)72(47-21-15-13-16-22-47)48-23-17-14-18-24-48/h13-42H,1-12H3. The van der Waals surface area contributed by atoms with Crippen molar-refractivity contribution in [2.75, 3.05) is 9.80 Å². The van der Waals surface area contributed by atoms with Crippen molar-refractivity contribution in [3.05, 3.63) is 204 Å². The zero-order valence-electron chi connectivity index (χ0n) is 46.1. The summed E-state index contributed by atoms with van der Waals surface area (Å²) in [6, 6.07) is 67.6. The van der Waals surface area contributed by atoms with Gasteiger partial charge in [-0.2, -0.15) is 0 Å². The minimum atomic E-state index is -0.225. The second kappa shape index (κ2) is 16.8. The summed E-state index contributed by atoms with van der Waals surface area (Å²) in [7, 11) is 0. The van der Waals surface area contributed by atoms with Gasteiger partial charge in [-0.3, -0.25) is 0 Å². The van der Waals surface area contributed by atoms with E-state index in [-0.39, 0.29) is 28.4 Å². The smallest absolute Gasteiger partial charge is 0.256 e. The molecule has 0 fully saturated rings. The van der Waals surface area contributed by atoms with Crippen LogP contribution in [0.2, 0.25) is 0 Å². The molecule has 376 valence electrons. The Labute approximate surface area is 448 Å². The maximum absolute atomic E-state index is 7.97. The summed E-state index contributed by atoms with van der Waals surface area (Å²) < 4.78 is 17.6. The fourth-order valence-electron chi connectivity index (χ4n) is 12.1. The number of furan rings is 1. The molecule has 13 rings (SSSR count). The number of para-hydroxylation sites is 3. The van der Waals surface area contributed by atoms with Crippen LogP contribution in [0, 0.1) is 0 Å². The minimum Gasteiger partial charge on any atom is -0.456 e. The van der Waals surface area contributed by atoms with Gasteiger partial charge in [-0.1, -0.05) is 174 Å². The first kappa shape index (κ1) is 47.7. The van der Waals surface area contributed by atoms with Crippen molar-refractivity contribution in [3.8, 4) is 17.2 Å². The molecule has 0 aliphatic carbocycles. The van der Waals surface area contributed by atoms with E-state index in [2.05, 4.69) is 279 Å². The molecular weight excluding hydrogens is 926 g/mol. The zero-order valence-corrected chi connectivity index (χ0v) is 46.1. The SMILES string of the molecule is CC(C)(C)c1ccc(N2c3ccc(C(C)(C)C)cc3B3c4cc5oc6ccccc6c5c(-n5c6ccc(C(C)(C)C)cc6c6cc(C(C)(C)C)ccc65)c4Oc4cc(N(c5ccccc5)c5ccccc5)cc2c43)cc1. The summed E-state index contributed by atoms with van der Waals surface area (Å²) in [5.41, 5.74) is 19.7. The molecule has 6 heteroatoms. The predicted molar refractivity (Wildman–Crippen MR) is 323 cm³/mol. The first-order valence-electron chi connectivity index (χ1n) is 27.1. The molecule has 0 saturated carbocycles. The molecule has 4 heterocycles. The molecule has 2 aliphatic heterocycles. The number of fused-ring (bicyclic) bond motifs is 10. The number of rotatable bonds is 5. The first-order chi connectivity index (χ1) is 36.2. The van der Waals surface area contributed by atoms with Gasteiger partial charge in [-0.05, 0) is 145 Å². The molecule has 0 radical (unpaired) electrons. The van der Waals surface area contributed by atoms with E-state index in [0.717, 1.165) is 95.2 Å². The monoisotopic (exact) mass is 992 g/mol. The molecule has 2 aromatic heterocycles. The molecule has 0 unspecified atom stereocenters. The Hall–Kier alpha value is -7.96. The fraction of sp³-hybridized carbons (Fsp3) is 0.229. The molecule has 76 heavy (non-hydrogen) atoms. The molecule has 0 bridgehead atoms. The average molecular weight is 992 g/mol. The van der Waals surface area contributed by atoms with Crippen molar-refractivity contribution >= 4 is 101 Å². The topological polar surface area (TPSA) is 33.8 Å². The van der Waals surface area contributed by atoms with Crippen molar-refractivity contribution < 1.29 is 9.15 Å². The highest BCUT2D eigenvalue weighted by atomic mass is 16.5. The molecule has 11 aromatic rings. The lowest BCUT2D eigenvalue weighted by atomic mass is 9.34. The predicted octanol–water partition coefficient (Wildman–Crippen LogP) is 17.7. The summed E-state index contributed by atoms with van der Waals surface area (Å²) >= 11 is 0. The summed E-state index contributed by atoms with van der Waals surface area (Å²) in [6.45, 7) is 27.4. The fourth-order valence-corrected chi connectivity index (χ4v) is 12.1. The Balaban J connectivity index is 1.18. The van der Waals surface area contributed by atoms with E-state index in [4.69, 9.17) is 9.15 Å². The van der Waals surface area contributed by atoms with Gasteiger partial charge in [0, 0.05) is 50.7 Å². The van der Waals surface area contributed by atoms with E-state index < -0.39 is 0 Å². The number of hydrogen-bond acceptors (Lipinski definition) is 4. The van der Waals surface area contributed by atoms with E-state index in [1.54, 1.807) is 0 Å². The molecule has 0 atom stereocenters. The highest BCUT2D eigenvalue weighted by Crippen LogP contribution is 2.50. The third-order valence-corrected chi connectivity index (χ3v) is 16.2. The second-order valence-electron chi connectivity index (χ2n) is 25.5. The van der Waals surface area contributed by atoms with Gasteiger partial charge in [0.25, 0.3) is 6.71 Å². The minimum absolute atomic E-state index is 0.00658. The highest BCUT2D eigenvalue weighted by Gasteiger charge is 2.45. The van der Waals surface area contributed by atoms with Crippen molar-refractivity contribution in [1.82, 2.24) is 4.57 Å². The highest BCUT2D eigenvalue weighted by molar-refractivity contribution is 6.99. The van der Waals surface area contributed by atoms with Gasteiger partial charge < -0.3 is 23.5 Å². The number of anilines is 6. The Morgan fingerprint density at radius 2 is 0.947 bits per heavy atom. The largest absolute Gasteiger partial charge is 0.456 e. The van der Waals surface area contributed by atoms with Gasteiger partial charge in [0.1, 0.15) is 28.4 Å². The van der Waals surface area contributed by atoms with Crippen molar-refractivity contribution in [2.24, 2.45) is 0 Å². The normalized spacial score (nSPS) is 13.6. The van der Waals surface area contributed by atoms with Crippen LogP contribution in [0.25, 0.3) is 49.4 Å². The van der Waals surface area contributed by atoms with Gasteiger partial charge in [-0.25, -0.2) is 0 Å². The van der Waals surface area contributed by atoms with E-state index in [1.807, 2.05) is 0 Å². The number of nitrogens with zero attached hydrogens (tertiary/aromatic N) is 3. The Morgan fingerprint density at radius 1 is 0.421 bits per heavy atom. The van der Waals surface area contributed by atoms with Crippen molar-refractivity contribution in [1.29, 1.82) is 0 Å². The molecule has 0 spiro atoms. The second-order valence-corrected chi connectivity index (χ2v) is 25.5. The van der Waals surface area contributed by atoms with Crippen LogP contribution < -0.4 is 30.9 Å². The third-order valence-electron chi connectivity index (χ3n) is 16.2. The molecule has 0 N–H and O–H groups in total. The van der Waals surface area contributed by atoms with Gasteiger partial charge in [0.05, 0.1) is 22.1 Å². The average Bonchev–Trinajstić information content (AvgIpc) is 3.93. The first-order valence-corrected chi connectivity index (χ1v) is 27.1. The third kappa shape index (κ3) is 7.58. The lowest BCUT2D eigenvalue weighted by molar-refractivity contribution is 0.486. The maximum atomic E-state index is 7.97.